The molecule has 0 fully saturated rings. The zero-order chi connectivity index (χ0) is 15.2. The highest BCUT2D eigenvalue weighted by Gasteiger charge is 2.44. The van der Waals surface area contributed by atoms with E-state index >= 15 is 0 Å². The molecule has 1 aromatic carbocycles. The molecule has 3 nitrogen and oxygen atoms in total. The van der Waals surface area contributed by atoms with Gasteiger partial charge < -0.3 is 4.74 Å². The minimum atomic E-state index is -1.28. The molecule has 0 saturated heterocycles. The van der Waals surface area contributed by atoms with E-state index in [4.69, 9.17) is 4.74 Å². The van der Waals surface area contributed by atoms with Gasteiger partial charge in [-0.15, -0.1) is 0 Å². The summed E-state index contributed by atoms with van der Waals surface area (Å²) in [5.41, 5.74) is 0.515. The Bertz CT molecular complexity index is 456. The van der Waals surface area contributed by atoms with Crippen LogP contribution in [0.15, 0.2) is 30.3 Å². The molecule has 0 heterocycles. The lowest BCUT2D eigenvalue weighted by atomic mass is 9.92. The molecule has 0 saturated carbocycles. The molecule has 110 valence electrons. The predicted molar refractivity (Wildman–Crippen MR) is 83.2 cm³/mol. The molecule has 1 atom stereocenters. The van der Waals surface area contributed by atoms with Gasteiger partial charge in [-0.05, 0) is 20.3 Å². The first-order chi connectivity index (χ1) is 9.41. The lowest BCUT2D eigenvalue weighted by molar-refractivity contribution is -0.148. The van der Waals surface area contributed by atoms with Crippen molar-refractivity contribution < 1.29 is 14.3 Å². The quantitative estimate of drug-likeness (QED) is 0.324. The largest absolute Gasteiger partial charge is 0.462 e. The Labute approximate surface area is 128 Å². The molecule has 20 heavy (non-hydrogen) atoms. The number of esters is 1. The average Bonchev–Trinajstić information content (AvgIpc) is 2.44. The fourth-order valence-electron chi connectivity index (χ4n) is 1.85. The molecule has 1 unspecified atom stereocenters. The molecule has 0 aliphatic heterocycles. The van der Waals surface area contributed by atoms with E-state index in [1.54, 1.807) is 38.1 Å². The van der Waals surface area contributed by atoms with Crippen molar-refractivity contribution in [3.8, 4) is 0 Å². The van der Waals surface area contributed by atoms with Gasteiger partial charge in [0, 0.05) is 5.56 Å². The van der Waals surface area contributed by atoms with E-state index in [2.05, 4.69) is 15.9 Å². The number of ether oxygens (including phenoxy) is 1. The van der Waals surface area contributed by atoms with E-state index in [1.807, 2.05) is 13.0 Å². The molecule has 0 aliphatic rings. The summed E-state index contributed by atoms with van der Waals surface area (Å²) < 4.78 is 3.97. The first kappa shape index (κ1) is 16.9. The van der Waals surface area contributed by atoms with Crippen molar-refractivity contribution in [3.05, 3.63) is 35.9 Å². The van der Waals surface area contributed by atoms with Crippen LogP contribution in [-0.4, -0.2) is 22.2 Å². The van der Waals surface area contributed by atoms with E-state index in [0.29, 0.717) is 12.0 Å². The molecule has 4 heteroatoms. The maximum atomic E-state index is 12.6. The van der Waals surface area contributed by atoms with E-state index in [0.717, 1.165) is 12.8 Å². The van der Waals surface area contributed by atoms with E-state index in [1.165, 1.54) is 0 Å². The van der Waals surface area contributed by atoms with Crippen LogP contribution >= 0.6 is 15.9 Å². The molecule has 1 rings (SSSR count). The van der Waals surface area contributed by atoms with Crippen LogP contribution in [0.3, 0.4) is 0 Å². The third-order valence-corrected chi connectivity index (χ3v) is 4.02. The second-order valence-corrected chi connectivity index (χ2v) is 6.41. The number of benzene rings is 1. The minimum Gasteiger partial charge on any atom is -0.462 e. The van der Waals surface area contributed by atoms with Gasteiger partial charge in [-0.25, -0.2) is 0 Å². The number of ketones is 1. The fraction of sp³-hybridized carbons (Fsp3) is 0.500. The number of hydrogen-bond acceptors (Lipinski definition) is 3. The maximum absolute atomic E-state index is 12.6. The van der Waals surface area contributed by atoms with Gasteiger partial charge in [0.15, 0.2) is 10.1 Å². The number of halogens is 1. The zero-order valence-corrected chi connectivity index (χ0v) is 13.8. The Kier molecular flexibility index (Phi) is 6.40. The van der Waals surface area contributed by atoms with Crippen LogP contribution in [0.4, 0.5) is 0 Å². The molecule has 0 amide bonds. The second kappa shape index (κ2) is 7.58. The number of carbonyl (C=O) groups is 2. The third-order valence-electron chi connectivity index (χ3n) is 2.94. The average molecular weight is 341 g/mol. The maximum Gasteiger partial charge on any atom is 0.331 e. The number of alkyl halides is 1. The van der Waals surface area contributed by atoms with Crippen LogP contribution in [0.25, 0.3) is 0 Å². The van der Waals surface area contributed by atoms with Crippen LogP contribution in [0.2, 0.25) is 0 Å². The van der Waals surface area contributed by atoms with Gasteiger partial charge in [0.25, 0.3) is 0 Å². The zero-order valence-electron chi connectivity index (χ0n) is 12.2. The highest BCUT2D eigenvalue weighted by molar-refractivity contribution is 9.10. The Morgan fingerprint density at radius 2 is 1.85 bits per heavy atom. The van der Waals surface area contributed by atoms with Crippen molar-refractivity contribution in [2.75, 3.05) is 0 Å². The molecule has 0 spiro atoms. The van der Waals surface area contributed by atoms with Crippen LogP contribution in [-0.2, 0) is 9.53 Å². The number of unbranched alkanes of at least 4 members (excludes halogenated alkanes) is 1. The number of Topliss-reactive ketones (excluding diaryl/α,β-unsaturated/α-hetero) is 1. The SMILES string of the molecule is CCCCC(Br)(C(=O)OC(C)C)C(=O)c1ccccc1. The molecule has 0 radical (unpaired) electrons. The Hall–Kier alpha value is -1.16. The van der Waals surface area contributed by atoms with Crippen LogP contribution in [0.5, 0.6) is 0 Å². The topological polar surface area (TPSA) is 43.4 Å². The van der Waals surface area contributed by atoms with E-state index < -0.39 is 10.3 Å². The summed E-state index contributed by atoms with van der Waals surface area (Å²) in [6.45, 7) is 5.57. The predicted octanol–water partition coefficient (Wildman–Crippen LogP) is 4.14. The summed E-state index contributed by atoms with van der Waals surface area (Å²) in [7, 11) is 0. The number of carbonyl (C=O) groups excluding carboxylic acids is 2. The third kappa shape index (κ3) is 4.17. The minimum absolute atomic E-state index is 0.239. The summed E-state index contributed by atoms with van der Waals surface area (Å²) in [6.07, 6.45) is 1.87. The monoisotopic (exact) mass is 340 g/mol. The van der Waals surface area contributed by atoms with Gasteiger partial charge in [-0.1, -0.05) is 66.0 Å². The standard InChI is InChI=1S/C16H21BrO3/c1-4-5-11-16(17,15(19)20-12(2)3)14(18)13-9-7-6-8-10-13/h6-10,12H,4-5,11H2,1-3H3. The van der Waals surface area contributed by atoms with Crippen LogP contribution in [0, 0.1) is 0 Å². The highest BCUT2D eigenvalue weighted by atomic mass is 79.9. The van der Waals surface area contributed by atoms with Gasteiger partial charge in [0.1, 0.15) is 0 Å². The Morgan fingerprint density at radius 3 is 2.35 bits per heavy atom. The van der Waals surface area contributed by atoms with Crippen molar-refractivity contribution in [2.24, 2.45) is 0 Å². The van der Waals surface area contributed by atoms with Crippen molar-refractivity contribution >= 4 is 27.7 Å². The molecule has 0 aromatic heterocycles. The molecule has 1 aromatic rings. The van der Waals surface area contributed by atoms with Gasteiger partial charge >= 0.3 is 5.97 Å². The van der Waals surface area contributed by atoms with Gasteiger partial charge in [-0.2, -0.15) is 0 Å². The molecular formula is C16H21BrO3. The second-order valence-electron chi connectivity index (χ2n) is 5.05. The summed E-state index contributed by atoms with van der Waals surface area (Å²) >= 11 is 3.36. The summed E-state index contributed by atoms with van der Waals surface area (Å²) in [4.78, 5) is 25.0. The summed E-state index contributed by atoms with van der Waals surface area (Å²) in [5, 5.41) is 0. The highest BCUT2D eigenvalue weighted by Crippen LogP contribution is 2.31. The lowest BCUT2D eigenvalue weighted by Crippen LogP contribution is -2.43. The normalized spacial score (nSPS) is 13.8. The fourth-order valence-corrected chi connectivity index (χ4v) is 2.46. The van der Waals surface area contributed by atoms with Crippen LogP contribution in [0.1, 0.15) is 50.4 Å². The van der Waals surface area contributed by atoms with E-state index in [9.17, 15) is 9.59 Å². The molecule has 0 N–H and O–H groups in total. The summed E-state index contributed by atoms with van der Waals surface area (Å²) in [6, 6.07) is 8.84. The lowest BCUT2D eigenvalue weighted by Gasteiger charge is -2.25. The van der Waals surface area contributed by atoms with Crippen LogP contribution < -0.4 is 0 Å². The molecule has 0 bridgehead atoms. The first-order valence-electron chi connectivity index (χ1n) is 6.91. The molecular weight excluding hydrogens is 320 g/mol. The Morgan fingerprint density at radius 1 is 1.25 bits per heavy atom. The smallest absolute Gasteiger partial charge is 0.331 e. The first-order valence-corrected chi connectivity index (χ1v) is 7.71. The van der Waals surface area contributed by atoms with Crippen molar-refractivity contribution in [2.45, 2.75) is 50.5 Å². The number of rotatable bonds is 7. The van der Waals surface area contributed by atoms with Gasteiger partial charge in [0.05, 0.1) is 6.10 Å². The summed E-state index contributed by atoms with van der Waals surface area (Å²) in [5.74, 6) is -0.744. The Balaban J connectivity index is 3.04. The van der Waals surface area contributed by atoms with E-state index in [-0.39, 0.29) is 11.9 Å². The van der Waals surface area contributed by atoms with Crippen molar-refractivity contribution in [1.82, 2.24) is 0 Å². The van der Waals surface area contributed by atoms with Crippen molar-refractivity contribution in [1.29, 1.82) is 0 Å². The molecule has 0 aliphatic carbocycles. The van der Waals surface area contributed by atoms with Crippen molar-refractivity contribution in [3.63, 3.8) is 0 Å². The van der Waals surface area contributed by atoms with Gasteiger partial charge in [-0.3, -0.25) is 9.59 Å². The van der Waals surface area contributed by atoms with Gasteiger partial charge in [0.2, 0.25) is 0 Å². The number of hydrogen-bond donors (Lipinski definition) is 0.